The molecule has 4 heteroatoms. The van der Waals surface area contributed by atoms with Crippen molar-refractivity contribution in [2.75, 3.05) is 6.61 Å². The van der Waals surface area contributed by atoms with Gasteiger partial charge in [0.05, 0.1) is 0 Å². The van der Waals surface area contributed by atoms with Crippen LogP contribution >= 0.6 is 0 Å². The van der Waals surface area contributed by atoms with Crippen LogP contribution in [0.5, 0.6) is 5.75 Å². The van der Waals surface area contributed by atoms with Crippen LogP contribution in [0.25, 0.3) is 6.08 Å². The maximum Gasteiger partial charge on any atom is 0.126 e. The Labute approximate surface area is 108 Å². The van der Waals surface area contributed by atoms with Gasteiger partial charge < -0.3 is 4.74 Å². The Morgan fingerprint density at radius 1 is 1.15 bits per heavy atom. The largest absolute Gasteiger partial charge is 0.489 e. The van der Waals surface area contributed by atoms with E-state index in [0.29, 0.717) is 6.61 Å². The van der Waals surface area contributed by atoms with Crippen LogP contribution in [0.15, 0.2) is 30.3 Å². The van der Waals surface area contributed by atoms with E-state index < -0.39 is 0 Å². The summed E-state index contributed by atoms with van der Waals surface area (Å²) in [6.07, 6.45) is 4.10. The maximum absolute atomic E-state index is 5.34. The monoisotopic (exact) mass is 317 g/mol. The molecule has 0 fully saturated rings. The third kappa shape index (κ3) is 3.82. The van der Waals surface area contributed by atoms with Gasteiger partial charge in [-0.05, 0) is 23.1 Å². The molecule has 2 rings (SSSR count). The Balaban J connectivity index is 0. The van der Waals surface area contributed by atoms with Gasteiger partial charge in [-0.1, -0.05) is 24.3 Å². The first-order valence-electron chi connectivity index (χ1n) is 3.35. The topological polar surface area (TPSA) is 9.23 Å². The van der Waals surface area contributed by atoms with Crippen molar-refractivity contribution in [3.63, 3.8) is 0 Å². The van der Waals surface area contributed by atoms with Gasteiger partial charge in [-0.15, -0.1) is 0 Å². The molecule has 0 aliphatic carbocycles. The number of hydrogen-bond donors (Lipinski definition) is 0. The van der Waals surface area contributed by atoms with Crippen molar-refractivity contribution in [2.45, 2.75) is 0 Å². The average molecular weight is 315 g/mol. The van der Waals surface area contributed by atoms with E-state index in [1.807, 2.05) is 30.3 Å². The van der Waals surface area contributed by atoms with Crippen LogP contribution in [0.4, 0.5) is 0 Å². The summed E-state index contributed by atoms with van der Waals surface area (Å²) in [5, 5.41) is 0. The predicted octanol–water partition coefficient (Wildman–Crippen LogP) is 0.636. The zero-order valence-electron chi connectivity index (χ0n) is 6.37. The predicted molar refractivity (Wildman–Crippen MR) is 52.3 cm³/mol. The zero-order chi connectivity index (χ0) is 6.81. The summed E-state index contributed by atoms with van der Waals surface area (Å²) in [5.74, 6) is 0.991. The molecular weight excluding hydrogens is 303 g/mol. The molecule has 0 atom stereocenters. The fourth-order valence-electron chi connectivity index (χ4n) is 1.06. The van der Waals surface area contributed by atoms with Crippen LogP contribution in [-0.4, -0.2) is 17.6 Å². The van der Waals surface area contributed by atoms with Crippen LogP contribution in [0.2, 0.25) is 0 Å². The number of fused-ring (bicyclic) bond motifs is 1. The fourth-order valence-corrected chi connectivity index (χ4v) is 1.06. The number of benzene rings is 1. The average Bonchev–Trinajstić information content (AvgIpc) is 2.05. The van der Waals surface area contributed by atoms with E-state index in [4.69, 9.17) is 4.74 Å². The standard InChI is InChI=1S/C9H8O.Mn.Mo.H4Si/c1-2-6-9-8(4-1)5-3-7-10-9;;;/h1-6H,7H2;;;1H4. The molecule has 1 heterocycles. The van der Waals surface area contributed by atoms with Crippen molar-refractivity contribution >= 4 is 17.0 Å². The second kappa shape index (κ2) is 7.58. The second-order valence-electron chi connectivity index (χ2n) is 2.25. The third-order valence-electron chi connectivity index (χ3n) is 1.55. The molecule has 71 valence electrons. The first-order valence-corrected chi connectivity index (χ1v) is 3.35. The minimum atomic E-state index is 0. The van der Waals surface area contributed by atoms with Gasteiger partial charge >= 0.3 is 0 Å². The van der Waals surface area contributed by atoms with Crippen molar-refractivity contribution < 1.29 is 42.9 Å². The summed E-state index contributed by atoms with van der Waals surface area (Å²) in [6, 6.07) is 8.03. The molecule has 0 spiro atoms. The molecule has 1 aliphatic rings. The van der Waals surface area contributed by atoms with E-state index >= 15 is 0 Å². The van der Waals surface area contributed by atoms with Crippen molar-refractivity contribution in [1.29, 1.82) is 0 Å². The zero-order valence-corrected chi connectivity index (χ0v) is 9.55. The van der Waals surface area contributed by atoms with Gasteiger partial charge in [0.25, 0.3) is 0 Å². The molecule has 0 bridgehead atoms. The summed E-state index contributed by atoms with van der Waals surface area (Å²) >= 11 is 0. The molecule has 13 heavy (non-hydrogen) atoms. The normalized spacial score (nSPS) is 10.8. The summed E-state index contributed by atoms with van der Waals surface area (Å²) in [6.45, 7) is 0.705. The van der Waals surface area contributed by atoms with E-state index in [1.165, 1.54) is 5.56 Å². The van der Waals surface area contributed by atoms with E-state index in [1.54, 1.807) is 0 Å². The minimum Gasteiger partial charge on any atom is -0.489 e. The van der Waals surface area contributed by atoms with Crippen molar-refractivity contribution in [3.8, 4) is 5.75 Å². The first kappa shape index (κ1) is 15.6. The Kier molecular flexibility index (Phi) is 9.12. The Bertz CT molecular complexity index is 278. The Hall–Kier alpha value is 0.185. The van der Waals surface area contributed by atoms with Gasteiger partial charge in [0.15, 0.2) is 0 Å². The molecule has 1 aliphatic heterocycles. The number of rotatable bonds is 0. The van der Waals surface area contributed by atoms with Crippen LogP contribution in [0.3, 0.4) is 0 Å². The van der Waals surface area contributed by atoms with Gasteiger partial charge in [0.2, 0.25) is 0 Å². The molecule has 1 aromatic carbocycles. The summed E-state index contributed by atoms with van der Waals surface area (Å²) in [4.78, 5) is 0. The Morgan fingerprint density at radius 2 is 1.85 bits per heavy atom. The van der Waals surface area contributed by atoms with E-state index in [2.05, 4.69) is 6.08 Å². The molecule has 0 N–H and O–H groups in total. The smallest absolute Gasteiger partial charge is 0.126 e. The Morgan fingerprint density at radius 3 is 2.54 bits per heavy atom. The first-order chi connectivity index (χ1) is 4.97. The molecule has 0 aromatic heterocycles. The maximum atomic E-state index is 5.34. The van der Waals surface area contributed by atoms with Gasteiger partial charge in [-0.3, -0.25) is 0 Å². The molecule has 0 amide bonds. The van der Waals surface area contributed by atoms with Gasteiger partial charge in [-0.25, -0.2) is 0 Å². The van der Waals surface area contributed by atoms with Crippen LogP contribution < -0.4 is 4.74 Å². The summed E-state index contributed by atoms with van der Waals surface area (Å²) < 4.78 is 5.34. The van der Waals surface area contributed by atoms with Crippen LogP contribution in [0, 0.1) is 0 Å². The third-order valence-corrected chi connectivity index (χ3v) is 1.55. The summed E-state index contributed by atoms with van der Waals surface area (Å²) in [5.41, 5.74) is 1.17. The van der Waals surface area contributed by atoms with Crippen molar-refractivity contribution in [2.24, 2.45) is 0 Å². The quantitative estimate of drug-likeness (QED) is 0.639. The van der Waals surface area contributed by atoms with Crippen LogP contribution in [0.1, 0.15) is 5.56 Å². The van der Waals surface area contributed by atoms with E-state index in [9.17, 15) is 0 Å². The van der Waals surface area contributed by atoms with Crippen LogP contribution in [-0.2, 0) is 38.1 Å². The van der Waals surface area contributed by atoms with Gasteiger partial charge in [-0.2, -0.15) is 0 Å². The van der Waals surface area contributed by atoms with Crippen molar-refractivity contribution in [1.82, 2.24) is 0 Å². The molecule has 0 saturated heterocycles. The van der Waals surface area contributed by atoms with E-state index in [0.717, 1.165) is 5.75 Å². The molecule has 0 unspecified atom stereocenters. The van der Waals surface area contributed by atoms with E-state index in [-0.39, 0.29) is 49.1 Å². The second-order valence-corrected chi connectivity index (χ2v) is 2.25. The number of hydrogen-bond acceptors (Lipinski definition) is 1. The fraction of sp³-hybridized carbons (Fsp3) is 0.111. The van der Waals surface area contributed by atoms with Crippen molar-refractivity contribution in [3.05, 3.63) is 35.9 Å². The molecule has 1 aromatic rings. The van der Waals surface area contributed by atoms with Gasteiger partial charge in [0, 0.05) is 43.7 Å². The molecular formula is C9H12MnMoOSi. The SMILES string of the molecule is C1=Cc2ccccc2OC1.[Mn].[Mo].[SiH4]. The summed E-state index contributed by atoms with van der Waals surface area (Å²) in [7, 11) is 0. The molecule has 1 nitrogen and oxygen atoms in total. The number of para-hydroxylation sites is 1. The number of ether oxygens (including phenoxy) is 1. The van der Waals surface area contributed by atoms with Gasteiger partial charge in [0.1, 0.15) is 12.4 Å². The molecule has 1 radical (unpaired) electrons. The molecule has 0 saturated carbocycles. The minimum absolute atomic E-state index is 0.